The van der Waals surface area contributed by atoms with Gasteiger partial charge in [-0.25, -0.2) is 0 Å². The van der Waals surface area contributed by atoms with Gasteiger partial charge >= 0.3 is 0 Å². The second kappa shape index (κ2) is 5.40. The lowest BCUT2D eigenvalue weighted by Crippen LogP contribution is -2.47. The molecule has 1 unspecified atom stereocenters. The maximum atomic E-state index is 12.6. The Morgan fingerprint density at radius 1 is 1.50 bits per heavy atom. The quantitative estimate of drug-likeness (QED) is 0.869. The Morgan fingerprint density at radius 3 is 2.94 bits per heavy atom. The minimum atomic E-state index is 0.0823. The summed E-state index contributed by atoms with van der Waals surface area (Å²) in [4.78, 5) is 14.5. The van der Waals surface area contributed by atoms with E-state index in [4.69, 9.17) is 4.74 Å². The lowest BCUT2D eigenvalue weighted by molar-refractivity contribution is 0.00364. The molecule has 1 heterocycles. The fraction of sp³-hybridized carbons (Fsp3) is 0.500. The molecule has 1 fully saturated rings. The Hall–Kier alpha value is -1.55. The Kier molecular flexibility index (Phi) is 3.87. The number of anilines is 1. The van der Waals surface area contributed by atoms with E-state index in [1.807, 2.05) is 44.0 Å². The van der Waals surface area contributed by atoms with E-state index < -0.39 is 0 Å². The van der Waals surface area contributed by atoms with Gasteiger partial charge in [-0.15, -0.1) is 0 Å². The summed E-state index contributed by atoms with van der Waals surface area (Å²) in [5.74, 6) is 0.0823. The van der Waals surface area contributed by atoms with Gasteiger partial charge in [0.1, 0.15) is 0 Å². The summed E-state index contributed by atoms with van der Waals surface area (Å²) in [5, 5.41) is 3.08. The first-order chi connectivity index (χ1) is 8.63. The van der Waals surface area contributed by atoms with Crippen LogP contribution in [0.3, 0.4) is 0 Å². The van der Waals surface area contributed by atoms with E-state index in [-0.39, 0.29) is 11.9 Å². The van der Waals surface area contributed by atoms with Gasteiger partial charge in [-0.1, -0.05) is 11.6 Å². The smallest absolute Gasteiger partial charge is 0.256 e. The fourth-order valence-corrected chi connectivity index (χ4v) is 2.24. The first kappa shape index (κ1) is 12.9. The Bertz CT molecular complexity index is 445. The predicted molar refractivity (Wildman–Crippen MR) is 72.0 cm³/mol. The van der Waals surface area contributed by atoms with E-state index in [2.05, 4.69) is 5.32 Å². The van der Waals surface area contributed by atoms with Gasteiger partial charge in [-0.3, -0.25) is 4.79 Å². The summed E-state index contributed by atoms with van der Waals surface area (Å²) in [7, 11) is 1.84. The second-order valence-electron chi connectivity index (χ2n) is 4.72. The minimum Gasteiger partial charge on any atom is -0.387 e. The maximum Gasteiger partial charge on any atom is 0.256 e. The number of amides is 1. The number of nitrogens with zero attached hydrogens (tertiary/aromatic N) is 1. The van der Waals surface area contributed by atoms with Crippen LogP contribution < -0.4 is 5.32 Å². The van der Waals surface area contributed by atoms with Crippen LogP contribution in [0.2, 0.25) is 0 Å². The van der Waals surface area contributed by atoms with Crippen molar-refractivity contribution in [1.82, 2.24) is 4.90 Å². The number of morpholine rings is 1. The first-order valence-electron chi connectivity index (χ1n) is 6.30. The van der Waals surface area contributed by atoms with Crippen molar-refractivity contribution in [3.8, 4) is 0 Å². The number of ether oxygens (including phenoxy) is 1. The fourth-order valence-electron chi connectivity index (χ4n) is 2.24. The van der Waals surface area contributed by atoms with E-state index >= 15 is 0 Å². The third-order valence-electron chi connectivity index (χ3n) is 3.30. The molecule has 18 heavy (non-hydrogen) atoms. The van der Waals surface area contributed by atoms with Crippen LogP contribution in [0, 0.1) is 6.92 Å². The number of carbonyl (C=O) groups is 1. The number of nitrogens with one attached hydrogen (secondary N) is 1. The molecule has 0 saturated carbocycles. The molecular weight excluding hydrogens is 228 g/mol. The van der Waals surface area contributed by atoms with Gasteiger partial charge in [0.15, 0.2) is 0 Å². The molecule has 1 atom stereocenters. The summed E-state index contributed by atoms with van der Waals surface area (Å²) in [6, 6.07) is 6.03. The number of carbonyl (C=O) groups excluding carboxylic acids is 1. The molecule has 4 heteroatoms. The van der Waals surface area contributed by atoms with Crippen LogP contribution in [0.25, 0.3) is 0 Å². The maximum absolute atomic E-state index is 12.6. The van der Waals surface area contributed by atoms with Crippen molar-refractivity contribution in [3.63, 3.8) is 0 Å². The zero-order valence-electron chi connectivity index (χ0n) is 11.2. The lowest BCUT2D eigenvalue weighted by atomic mass is 10.1. The number of hydrogen-bond acceptors (Lipinski definition) is 3. The number of rotatable bonds is 2. The molecule has 2 rings (SSSR count). The van der Waals surface area contributed by atoms with Gasteiger partial charge in [-0.2, -0.15) is 0 Å². The van der Waals surface area contributed by atoms with Crippen LogP contribution in [0.5, 0.6) is 0 Å². The van der Waals surface area contributed by atoms with Crippen molar-refractivity contribution in [2.75, 3.05) is 32.1 Å². The highest BCUT2D eigenvalue weighted by Crippen LogP contribution is 2.21. The van der Waals surface area contributed by atoms with Crippen molar-refractivity contribution in [3.05, 3.63) is 29.3 Å². The second-order valence-corrected chi connectivity index (χ2v) is 4.72. The molecular formula is C14H20N2O2. The van der Waals surface area contributed by atoms with Gasteiger partial charge in [0, 0.05) is 19.3 Å². The van der Waals surface area contributed by atoms with Gasteiger partial charge < -0.3 is 15.0 Å². The molecule has 1 amide bonds. The molecule has 1 aromatic rings. The van der Waals surface area contributed by atoms with Gasteiger partial charge in [0.05, 0.1) is 24.8 Å². The van der Waals surface area contributed by atoms with Crippen molar-refractivity contribution in [2.45, 2.75) is 19.9 Å². The highest BCUT2D eigenvalue weighted by molar-refractivity contribution is 6.00. The average Bonchev–Trinajstić information content (AvgIpc) is 2.38. The standard InChI is InChI=1S/C14H20N2O2/c1-10-4-5-13(15-3)12(8-10)14(17)16-6-7-18-9-11(16)2/h4-5,8,11,15H,6-7,9H2,1-3H3. The van der Waals surface area contributed by atoms with Gasteiger partial charge in [0.25, 0.3) is 5.91 Å². The minimum absolute atomic E-state index is 0.0823. The summed E-state index contributed by atoms with van der Waals surface area (Å²) in [6.07, 6.45) is 0. The van der Waals surface area contributed by atoms with E-state index in [9.17, 15) is 4.79 Å². The summed E-state index contributed by atoms with van der Waals surface area (Å²) in [6.45, 7) is 5.92. The van der Waals surface area contributed by atoms with Crippen LogP contribution in [-0.2, 0) is 4.74 Å². The third-order valence-corrected chi connectivity index (χ3v) is 3.30. The van der Waals surface area contributed by atoms with Crippen LogP contribution in [-0.4, -0.2) is 43.7 Å². The molecule has 4 nitrogen and oxygen atoms in total. The van der Waals surface area contributed by atoms with Crippen molar-refractivity contribution < 1.29 is 9.53 Å². The Balaban J connectivity index is 2.29. The van der Waals surface area contributed by atoms with E-state index in [0.717, 1.165) is 16.8 Å². The van der Waals surface area contributed by atoms with Crippen LogP contribution in [0.1, 0.15) is 22.8 Å². The number of benzene rings is 1. The molecule has 1 aromatic carbocycles. The molecule has 1 aliphatic heterocycles. The topological polar surface area (TPSA) is 41.6 Å². The van der Waals surface area contributed by atoms with E-state index in [1.165, 1.54) is 0 Å². The van der Waals surface area contributed by atoms with Crippen molar-refractivity contribution >= 4 is 11.6 Å². The zero-order valence-corrected chi connectivity index (χ0v) is 11.2. The summed E-state index contributed by atoms with van der Waals surface area (Å²) < 4.78 is 5.37. The molecule has 0 radical (unpaired) electrons. The predicted octanol–water partition coefficient (Wildman–Crippen LogP) is 1.90. The van der Waals surface area contributed by atoms with Crippen molar-refractivity contribution in [1.29, 1.82) is 0 Å². The Morgan fingerprint density at radius 2 is 2.28 bits per heavy atom. The molecule has 1 N–H and O–H groups in total. The van der Waals surface area contributed by atoms with Crippen LogP contribution >= 0.6 is 0 Å². The highest BCUT2D eigenvalue weighted by atomic mass is 16.5. The molecule has 1 aliphatic rings. The molecule has 0 aliphatic carbocycles. The third kappa shape index (κ3) is 2.48. The normalized spacial score (nSPS) is 19.7. The van der Waals surface area contributed by atoms with Crippen LogP contribution in [0.4, 0.5) is 5.69 Å². The highest BCUT2D eigenvalue weighted by Gasteiger charge is 2.26. The largest absolute Gasteiger partial charge is 0.387 e. The van der Waals surface area contributed by atoms with E-state index in [1.54, 1.807) is 0 Å². The molecule has 0 spiro atoms. The first-order valence-corrected chi connectivity index (χ1v) is 6.30. The zero-order chi connectivity index (χ0) is 13.1. The van der Waals surface area contributed by atoms with Crippen LogP contribution in [0.15, 0.2) is 18.2 Å². The van der Waals surface area contributed by atoms with Gasteiger partial charge in [0.2, 0.25) is 0 Å². The molecule has 0 aromatic heterocycles. The summed E-state index contributed by atoms with van der Waals surface area (Å²) >= 11 is 0. The SMILES string of the molecule is CNc1ccc(C)cc1C(=O)N1CCOCC1C. The lowest BCUT2D eigenvalue weighted by Gasteiger charge is -2.33. The van der Waals surface area contributed by atoms with Crippen molar-refractivity contribution in [2.24, 2.45) is 0 Å². The summed E-state index contributed by atoms with van der Waals surface area (Å²) in [5.41, 5.74) is 2.72. The Labute approximate surface area is 108 Å². The number of aryl methyl sites for hydroxylation is 1. The van der Waals surface area contributed by atoms with Gasteiger partial charge in [-0.05, 0) is 26.0 Å². The number of hydrogen-bond donors (Lipinski definition) is 1. The average molecular weight is 248 g/mol. The van der Waals surface area contributed by atoms with E-state index in [0.29, 0.717) is 19.8 Å². The molecule has 98 valence electrons. The monoisotopic (exact) mass is 248 g/mol. The molecule has 1 saturated heterocycles. The molecule has 0 bridgehead atoms.